The molecule has 1 heterocycles. The molecular weight excluding hydrogens is 307 g/mol. The van der Waals surface area contributed by atoms with Gasteiger partial charge in [0.2, 0.25) is 0 Å². The second-order valence-corrected chi connectivity index (χ2v) is 4.78. The fourth-order valence-electron chi connectivity index (χ4n) is 1.53. The van der Waals surface area contributed by atoms with Gasteiger partial charge in [0.1, 0.15) is 5.82 Å². The number of benzene rings is 1. The number of aromatic nitrogens is 1. The highest BCUT2D eigenvalue weighted by atomic mass is 79.9. The van der Waals surface area contributed by atoms with E-state index >= 15 is 0 Å². The number of halogens is 3. The minimum Gasteiger partial charge on any atom is -0.319 e. The van der Waals surface area contributed by atoms with E-state index in [-0.39, 0.29) is 5.82 Å². The van der Waals surface area contributed by atoms with Crippen LogP contribution in [0.2, 0.25) is 5.02 Å². The van der Waals surface area contributed by atoms with Crippen LogP contribution < -0.4 is 5.73 Å². The molecule has 1 aromatic heterocycles. The van der Waals surface area contributed by atoms with Crippen LogP contribution in [0.4, 0.5) is 4.39 Å². The Morgan fingerprint density at radius 2 is 2.12 bits per heavy atom. The summed E-state index contributed by atoms with van der Waals surface area (Å²) in [7, 11) is 0. The molecule has 0 aliphatic heterocycles. The van der Waals surface area contributed by atoms with Crippen LogP contribution in [0.25, 0.3) is 0 Å². The van der Waals surface area contributed by atoms with E-state index in [0.29, 0.717) is 16.3 Å². The van der Waals surface area contributed by atoms with Gasteiger partial charge in [0.05, 0.1) is 11.7 Å². The second-order valence-electron chi connectivity index (χ2n) is 3.51. The molecule has 0 fully saturated rings. The van der Waals surface area contributed by atoms with Crippen LogP contribution in [0, 0.1) is 5.82 Å². The Morgan fingerprint density at radius 1 is 1.35 bits per heavy atom. The summed E-state index contributed by atoms with van der Waals surface area (Å²) in [5.74, 6) is -0.369. The minimum atomic E-state index is -0.561. The van der Waals surface area contributed by atoms with Gasteiger partial charge >= 0.3 is 0 Å². The van der Waals surface area contributed by atoms with Gasteiger partial charge in [-0.25, -0.2) is 4.39 Å². The van der Waals surface area contributed by atoms with Crippen molar-refractivity contribution in [1.82, 2.24) is 4.98 Å². The highest BCUT2D eigenvalue weighted by molar-refractivity contribution is 9.10. The van der Waals surface area contributed by atoms with E-state index in [9.17, 15) is 4.39 Å². The Morgan fingerprint density at radius 3 is 2.82 bits per heavy atom. The molecule has 2 N–H and O–H groups in total. The summed E-state index contributed by atoms with van der Waals surface area (Å²) >= 11 is 9.36. The lowest BCUT2D eigenvalue weighted by Gasteiger charge is -2.14. The fraction of sp³-hybridized carbons (Fsp3) is 0.0833. The number of hydrogen-bond acceptors (Lipinski definition) is 2. The van der Waals surface area contributed by atoms with Crippen LogP contribution in [0.3, 0.4) is 0 Å². The van der Waals surface area contributed by atoms with Crippen LogP contribution in [0.5, 0.6) is 0 Å². The predicted molar refractivity (Wildman–Crippen MR) is 69.4 cm³/mol. The normalized spacial score (nSPS) is 12.5. The Hall–Kier alpha value is -0.970. The quantitative estimate of drug-likeness (QED) is 0.918. The molecule has 88 valence electrons. The van der Waals surface area contributed by atoms with E-state index in [2.05, 4.69) is 20.9 Å². The molecular formula is C12H9BrClFN2. The van der Waals surface area contributed by atoms with Crippen molar-refractivity contribution in [2.24, 2.45) is 5.73 Å². The van der Waals surface area contributed by atoms with Gasteiger partial charge in [-0.15, -0.1) is 0 Å². The molecule has 0 bridgehead atoms. The standard InChI is InChI=1S/C12H9BrClFN2/c13-9-2-1-5-17-12(9)11(16)8-6-7(15)3-4-10(8)14/h1-6,11H,16H2. The van der Waals surface area contributed by atoms with Crippen molar-refractivity contribution in [2.45, 2.75) is 6.04 Å². The summed E-state index contributed by atoms with van der Waals surface area (Å²) in [6.07, 6.45) is 1.63. The summed E-state index contributed by atoms with van der Waals surface area (Å²) in [6, 6.07) is 7.17. The maximum absolute atomic E-state index is 13.2. The molecule has 1 aromatic carbocycles. The number of nitrogens with two attached hydrogens (primary N) is 1. The molecule has 0 radical (unpaired) electrons. The first-order chi connectivity index (χ1) is 8.09. The summed E-state index contributed by atoms with van der Waals surface area (Å²) < 4.78 is 13.9. The van der Waals surface area contributed by atoms with Gasteiger partial charge in [0.25, 0.3) is 0 Å². The van der Waals surface area contributed by atoms with Crippen molar-refractivity contribution < 1.29 is 4.39 Å². The van der Waals surface area contributed by atoms with Crippen LogP contribution in [-0.2, 0) is 0 Å². The molecule has 0 spiro atoms. The van der Waals surface area contributed by atoms with Crippen molar-refractivity contribution in [2.75, 3.05) is 0 Å². The number of nitrogens with zero attached hydrogens (tertiary/aromatic N) is 1. The van der Waals surface area contributed by atoms with Crippen molar-refractivity contribution >= 4 is 27.5 Å². The van der Waals surface area contributed by atoms with Crippen molar-refractivity contribution in [3.05, 3.63) is 63.1 Å². The van der Waals surface area contributed by atoms with Crippen LogP contribution in [-0.4, -0.2) is 4.98 Å². The Kier molecular flexibility index (Phi) is 3.76. The van der Waals surface area contributed by atoms with Gasteiger partial charge in [-0.05, 0) is 51.8 Å². The molecule has 2 rings (SSSR count). The van der Waals surface area contributed by atoms with Crippen LogP contribution >= 0.6 is 27.5 Å². The van der Waals surface area contributed by atoms with Crippen LogP contribution in [0.15, 0.2) is 41.0 Å². The minimum absolute atomic E-state index is 0.369. The second kappa shape index (κ2) is 5.12. The maximum atomic E-state index is 13.2. The Balaban J connectivity index is 2.47. The molecule has 0 saturated carbocycles. The van der Waals surface area contributed by atoms with Gasteiger partial charge in [0, 0.05) is 15.7 Å². The van der Waals surface area contributed by atoms with E-state index in [1.807, 2.05) is 6.07 Å². The first-order valence-electron chi connectivity index (χ1n) is 4.90. The smallest absolute Gasteiger partial charge is 0.123 e. The molecule has 1 atom stereocenters. The molecule has 0 aliphatic rings. The SMILES string of the molecule is NC(c1cc(F)ccc1Cl)c1ncccc1Br. The lowest BCUT2D eigenvalue weighted by Crippen LogP contribution is -2.15. The van der Waals surface area contributed by atoms with E-state index in [1.54, 1.807) is 12.3 Å². The first-order valence-corrected chi connectivity index (χ1v) is 6.07. The molecule has 0 saturated heterocycles. The first kappa shape index (κ1) is 12.5. The highest BCUT2D eigenvalue weighted by Gasteiger charge is 2.16. The van der Waals surface area contributed by atoms with Crippen molar-refractivity contribution in [1.29, 1.82) is 0 Å². The fourth-order valence-corrected chi connectivity index (χ4v) is 2.26. The molecule has 2 nitrogen and oxygen atoms in total. The summed E-state index contributed by atoms with van der Waals surface area (Å²) in [4.78, 5) is 4.17. The lowest BCUT2D eigenvalue weighted by molar-refractivity contribution is 0.623. The van der Waals surface area contributed by atoms with Crippen molar-refractivity contribution in [3.63, 3.8) is 0 Å². The van der Waals surface area contributed by atoms with Crippen molar-refractivity contribution in [3.8, 4) is 0 Å². The number of hydrogen-bond donors (Lipinski definition) is 1. The molecule has 17 heavy (non-hydrogen) atoms. The summed E-state index contributed by atoms with van der Waals surface area (Å²) in [5.41, 5.74) is 7.19. The summed E-state index contributed by atoms with van der Waals surface area (Å²) in [6.45, 7) is 0. The third kappa shape index (κ3) is 2.65. The Labute approximate surface area is 112 Å². The molecule has 0 amide bonds. The third-order valence-corrected chi connectivity index (χ3v) is 3.39. The van der Waals surface area contributed by atoms with Crippen LogP contribution in [0.1, 0.15) is 17.3 Å². The highest BCUT2D eigenvalue weighted by Crippen LogP contribution is 2.29. The maximum Gasteiger partial charge on any atom is 0.123 e. The van der Waals surface area contributed by atoms with E-state index in [4.69, 9.17) is 17.3 Å². The lowest BCUT2D eigenvalue weighted by atomic mass is 10.0. The van der Waals surface area contributed by atoms with Gasteiger partial charge in [0.15, 0.2) is 0 Å². The molecule has 2 aromatic rings. The van der Waals surface area contributed by atoms with Gasteiger partial charge < -0.3 is 5.73 Å². The number of rotatable bonds is 2. The molecule has 5 heteroatoms. The predicted octanol–water partition coefficient (Wildman–Crippen LogP) is 3.68. The zero-order valence-corrected chi connectivity index (χ0v) is 11.0. The van der Waals surface area contributed by atoms with E-state index < -0.39 is 6.04 Å². The zero-order chi connectivity index (χ0) is 12.4. The topological polar surface area (TPSA) is 38.9 Å². The average Bonchev–Trinajstić information content (AvgIpc) is 2.32. The van der Waals surface area contributed by atoms with E-state index in [1.165, 1.54) is 18.2 Å². The van der Waals surface area contributed by atoms with Gasteiger partial charge in [-0.1, -0.05) is 11.6 Å². The number of pyridine rings is 1. The van der Waals surface area contributed by atoms with Gasteiger partial charge in [-0.3, -0.25) is 4.98 Å². The monoisotopic (exact) mass is 314 g/mol. The van der Waals surface area contributed by atoms with Gasteiger partial charge in [-0.2, -0.15) is 0 Å². The Bertz CT molecular complexity index is 548. The molecule has 1 unspecified atom stereocenters. The summed E-state index contributed by atoms with van der Waals surface area (Å²) in [5, 5.41) is 0.427. The van der Waals surface area contributed by atoms with E-state index in [0.717, 1.165) is 4.47 Å². The largest absolute Gasteiger partial charge is 0.319 e. The molecule has 0 aliphatic carbocycles. The average molecular weight is 316 g/mol. The zero-order valence-electron chi connectivity index (χ0n) is 8.70. The third-order valence-electron chi connectivity index (χ3n) is 2.37.